The summed E-state index contributed by atoms with van der Waals surface area (Å²) in [5, 5.41) is 0. The van der Waals surface area contributed by atoms with Crippen LogP contribution in [0.15, 0.2) is 24.3 Å². The Labute approximate surface area is 145 Å². The van der Waals surface area contributed by atoms with Gasteiger partial charge in [-0.1, -0.05) is 17.7 Å². The van der Waals surface area contributed by atoms with Crippen molar-refractivity contribution < 1.29 is 18.4 Å². The van der Waals surface area contributed by atoms with Gasteiger partial charge < -0.3 is 9.80 Å². The molecule has 6 heteroatoms. The number of alkyl halides is 2. The molecule has 2 saturated heterocycles. The van der Waals surface area contributed by atoms with Crippen molar-refractivity contribution in [2.75, 3.05) is 24.5 Å². The predicted molar refractivity (Wildman–Crippen MR) is 89.5 cm³/mol. The van der Waals surface area contributed by atoms with Gasteiger partial charge in [0.05, 0.1) is 0 Å². The van der Waals surface area contributed by atoms with Crippen LogP contribution in [0.2, 0.25) is 0 Å². The summed E-state index contributed by atoms with van der Waals surface area (Å²) in [7, 11) is 0. The molecule has 4 nitrogen and oxygen atoms in total. The van der Waals surface area contributed by atoms with Crippen LogP contribution >= 0.6 is 0 Å². The molecule has 1 aromatic rings. The van der Waals surface area contributed by atoms with Crippen LogP contribution in [0.4, 0.5) is 14.5 Å². The highest BCUT2D eigenvalue weighted by Crippen LogP contribution is 2.46. The van der Waals surface area contributed by atoms with Gasteiger partial charge in [0, 0.05) is 55.9 Å². The molecule has 2 heterocycles. The Bertz CT molecular complexity index is 711. The lowest BCUT2D eigenvalue weighted by Gasteiger charge is -2.36. The van der Waals surface area contributed by atoms with Crippen LogP contribution in [0, 0.1) is 18.3 Å². The number of anilines is 1. The van der Waals surface area contributed by atoms with E-state index in [1.165, 1.54) is 0 Å². The van der Waals surface area contributed by atoms with Gasteiger partial charge >= 0.3 is 0 Å². The van der Waals surface area contributed by atoms with Crippen molar-refractivity contribution >= 4 is 17.5 Å². The molecule has 1 unspecified atom stereocenters. The zero-order valence-electron chi connectivity index (χ0n) is 14.3. The minimum atomic E-state index is -2.68. The number of amides is 2. The molecule has 0 N–H and O–H groups in total. The summed E-state index contributed by atoms with van der Waals surface area (Å²) in [6.07, 6.45) is 0.523. The molecule has 2 amide bonds. The van der Waals surface area contributed by atoms with Crippen LogP contribution in [0.5, 0.6) is 0 Å². The number of aryl methyl sites for hydroxylation is 1. The first kappa shape index (κ1) is 16.5. The van der Waals surface area contributed by atoms with Gasteiger partial charge in [-0.15, -0.1) is 0 Å². The van der Waals surface area contributed by atoms with Gasteiger partial charge in [-0.05, 0) is 25.5 Å². The van der Waals surface area contributed by atoms with E-state index in [2.05, 4.69) is 0 Å². The molecule has 0 radical (unpaired) electrons. The van der Waals surface area contributed by atoms with Gasteiger partial charge in [-0.25, -0.2) is 8.78 Å². The van der Waals surface area contributed by atoms with E-state index < -0.39 is 11.8 Å². The first-order valence-corrected chi connectivity index (χ1v) is 8.81. The molecule has 0 bridgehead atoms. The molecule has 2 aliphatic heterocycles. The molecule has 4 rings (SSSR count). The van der Waals surface area contributed by atoms with E-state index in [4.69, 9.17) is 0 Å². The number of hydrogen-bond donors (Lipinski definition) is 0. The monoisotopic (exact) mass is 348 g/mol. The van der Waals surface area contributed by atoms with Gasteiger partial charge in [-0.2, -0.15) is 0 Å². The number of benzene rings is 1. The molecular formula is C19H22F2N2O2. The molecule has 1 atom stereocenters. The number of halogens is 2. The number of nitrogens with zero attached hydrogens (tertiary/aromatic N) is 2. The third-order valence-corrected chi connectivity index (χ3v) is 5.86. The van der Waals surface area contributed by atoms with Crippen LogP contribution in [0.25, 0.3) is 0 Å². The summed E-state index contributed by atoms with van der Waals surface area (Å²) in [6, 6.07) is 7.85. The summed E-state index contributed by atoms with van der Waals surface area (Å²) < 4.78 is 26.1. The first-order valence-electron chi connectivity index (χ1n) is 8.81. The molecule has 1 aliphatic carbocycles. The number of rotatable bonds is 2. The smallest absolute Gasteiger partial charge is 0.249 e. The van der Waals surface area contributed by atoms with Gasteiger partial charge in [0.15, 0.2) is 0 Å². The second kappa shape index (κ2) is 5.51. The highest BCUT2D eigenvalue weighted by Gasteiger charge is 2.53. The molecule has 0 aromatic heterocycles. The summed E-state index contributed by atoms with van der Waals surface area (Å²) in [5.74, 6) is -3.31. The van der Waals surface area contributed by atoms with Crippen molar-refractivity contribution in [3.05, 3.63) is 29.8 Å². The van der Waals surface area contributed by atoms with E-state index in [1.54, 1.807) is 9.80 Å². The Kier molecular flexibility index (Phi) is 3.63. The van der Waals surface area contributed by atoms with E-state index >= 15 is 0 Å². The maximum absolute atomic E-state index is 13.0. The van der Waals surface area contributed by atoms with Crippen molar-refractivity contribution in [1.82, 2.24) is 4.90 Å². The number of carbonyl (C=O) groups excluding carboxylic acids is 2. The highest BCUT2D eigenvalue weighted by atomic mass is 19.3. The SMILES string of the molecule is Cc1ccc(N2CC3(CCN(C(=O)C4CC(F)(F)C4)C3)CC2=O)cc1. The lowest BCUT2D eigenvalue weighted by Crippen LogP contribution is -2.46. The largest absolute Gasteiger partial charge is 0.342 e. The van der Waals surface area contributed by atoms with Crippen molar-refractivity contribution in [3.63, 3.8) is 0 Å². The number of likely N-dealkylation sites (tertiary alicyclic amines) is 1. The Morgan fingerprint density at radius 2 is 1.84 bits per heavy atom. The van der Waals surface area contributed by atoms with E-state index in [1.807, 2.05) is 31.2 Å². The maximum Gasteiger partial charge on any atom is 0.249 e. The van der Waals surface area contributed by atoms with Crippen LogP contribution in [-0.2, 0) is 9.59 Å². The molecule has 1 saturated carbocycles. The zero-order chi connectivity index (χ0) is 17.8. The maximum atomic E-state index is 13.0. The predicted octanol–water partition coefficient (Wildman–Crippen LogP) is 3.00. The van der Waals surface area contributed by atoms with Gasteiger partial charge in [0.2, 0.25) is 17.7 Å². The normalized spacial score (nSPS) is 28.7. The van der Waals surface area contributed by atoms with Gasteiger partial charge in [0.1, 0.15) is 0 Å². The molecule has 25 heavy (non-hydrogen) atoms. The van der Waals surface area contributed by atoms with E-state index in [0.29, 0.717) is 26.1 Å². The molecule has 3 fully saturated rings. The fourth-order valence-electron chi connectivity index (χ4n) is 4.35. The highest BCUT2D eigenvalue weighted by molar-refractivity contribution is 5.96. The van der Waals surface area contributed by atoms with Crippen molar-refractivity contribution in [2.45, 2.75) is 38.5 Å². The summed E-state index contributed by atoms with van der Waals surface area (Å²) in [5.41, 5.74) is 1.79. The fraction of sp³-hybridized carbons (Fsp3) is 0.579. The number of hydrogen-bond acceptors (Lipinski definition) is 2. The summed E-state index contributed by atoms with van der Waals surface area (Å²) >= 11 is 0. The van der Waals surface area contributed by atoms with Crippen molar-refractivity contribution in [2.24, 2.45) is 11.3 Å². The molecule has 134 valence electrons. The summed E-state index contributed by atoms with van der Waals surface area (Å²) in [4.78, 5) is 28.4. The minimum absolute atomic E-state index is 0.0772. The second-order valence-corrected chi connectivity index (χ2v) is 7.96. The second-order valence-electron chi connectivity index (χ2n) is 7.96. The van der Waals surface area contributed by atoms with Crippen LogP contribution in [0.1, 0.15) is 31.2 Å². The molecule has 3 aliphatic rings. The van der Waals surface area contributed by atoms with Gasteiger partial charge in [0.25, 0.3) is 0 Å². The Hall–Kier alpha value is -1.98. The zero-order valence-corrected chi connectivity index (χ0v) is 14.3. The third-order valence-electron chi connectivity index (χ3n) is 5.86. The summed E-state index contributed by atoms with van der Waals surface area (Å²) in [6.45, 7) is 3.67. The standard InChI is InChI=1S/C19H22F2N2O2/c1-13-2-4-15(5-3-13)23-12-18(10-16(23)24)6-7-22(11-18)17(25)14-8-19(20,21)9-14/h2-5,14H,6-12H2,1H3. The molecule has 1 spiro atoms. The Balaban J connectivity index is 1.43. The van der Waals surface area contributed by atoms with Crippen LogP contribution < -0.4 is 4.90 Å². The molecular weight excluding hydrogens is 326 g/mol. The van der Waals surface area contributed by atoms with Crippen molar-refractivity contribution in [3.8, 4) is 0 Å². The Morgan fingerprint density at radius 3 is 2.48 bits per heavy atom. The first-order chi connectivity index (χ1) is 11.8. The van der Waals surface area contributed by atoms with Crippen LogP contribution in [0.3, 0.4) is 0 Å². The van der Waals surface area contributed by atoms with Crippen LogP contribution in [-0.4, -0.2) is 42.3 Å². The van der Waals surface area contributed by atoms with E-state index in [-0.39, 0.29) is 30.1 Å². The lowest BCUT2D eigenvalue weighted by molar-refractivity contribution is -0.159. The molecule has 1 aromatic carbocycles. The third kappa shape index (κ3) is 2.92. The van der Waals surface area contributed by atoms with E-state index in [9.17, 15) is 18.4 Å². The average molecular weight is 348 g/mol. The van der Waals surface area contributed by atoms with E-state index in [0.717, 1.165) is 17.7 Å². The quantitative estimate of drug-likeness (QED) is 0.824. The van der Waals surface area contributed by atoms with Gasteiger partial charge in [-0.3, -0.25) is 9.59 Å². The average Bonchev–Trinajstić information content (AvgIpc) is 3.09. The fourth-order valence-corrected chi connectivity index (χ4v) is 4.35. The minimum Gasteiger partial charge on any atom is -0.342 e. The topological polar surface area (TPSA) is 40.6 Å². The lowest BCUT2D eigenvalue weighted by atomic mass is 9.80. The van der Waals surface area contributed by atoms with Crippen molar-refractivity contribution in [1.29, 1.82) is 0 Å². The Morgan fingerprint density at radius 1 is 1.16 bits per heavy atom. The number of carbonyl (C=O) groups is 2.